The largest absolute Gasteiger partial charge is 0.416 e. The van der Waals surface area contributed by atoms with Crippen LogP contribution in [-0.2, 0) is 11.0 Å². The summed E-state index contributed by atoms with van der Waals surface area (Å²) < 4.78 is 51.7. The smallest absolute Gasteiger partial charge is 0.387 e. The molecule has 0 aliphatic carbocycles. The molecule has 2 rings (SSSR count). The molecule has 0 bridgehead atoms. The van der Waals surface area contributed by atoms with Crippen molar-refractivity contribution in [2.75, 3.05) is 32.8 Å². The lowest BCUT2D eigenvalue weighted by molar-refractivity contribution is -0.138. The molecule has 1 fully saturated rings. The number of rotatable bonds is 2. The molecular weight excluding hydrogens is 320 g/mol. The van der Waals surface area contributed by atoms with Crippen LogP contribution in [-0.4, -0.2) is 59.5 Å². The first-order valence-corrected chi connectivity index (χ1v) is 6.78. The Hall–Kier alpha value is -2.16. The van der Waals surface area contributed by atoms with Crippen molar-refractivity contribution in [1.29, 1.82) is 0 Å². The first-order valence-electron chi connectivity index (χ1n) is 6.78. The highest BCUT2D eigenvalue weighted by molar-refractivity contribution is 5.95. The minimum Gasteiger partial charge on any atom is -0.387 e. The average Bonchev–Trinajstić information content (AvgIpc) is 2.53. The van der Waals surface area contributed by atoms with E-state index in [4.69, 9.17) is 5.11 Å². The Morgan fingerprint density at radius 3 is 2.17 bits per heavy atom. The third-order valence-corrected chi connectivity index (χ3v) is 3.58. The lowest BCUT2D eigenvalue weighted by atomic mass is 10.1. The molecule has 0 radical (unpaired) electrons. The molecule has 1 aromatic rings. The second-order valence-corrected chi connectivity index (χ2v) is 5.02. The highest BCUT2D eigenvalue weighted by Gasteiger charge is 2.33. The van der Waals surface area contributed by atoms with Crippen LogP contribution in [0.5, 0.6) is 0 Å². The number of hydrogen-bond donors (Lipinski definition) is 1. The van der Waals surface area contributed by atoms with Gasteiger partial charge in [-0.25, -0.2) is 4.39 Å². The molecule has 1 N–H and O–H groups in total. The van der Waals surface area contributed by atoms with Crippen molar-refractivity contribution in [3.8, 4) is 0 Å². The first-order chi connectivity index (χ1) is 10.7. The van der Waals surface area contributed by atoms with Crippen LogP contribution in [0.3, 0.4) is 0 Å². The monoisotopic (exact) mass is 334 g/mol. The summed E-state index contributed by atoms with van der Waals surface area (Å²) in [5, 5.41) is 8.76. The molecule has 1 saturated heterocycles. The zero-order chi connectivity index (χ0) is 17.2. The Labute approximate surface area is 129 Å². The van der Waals surface area contributed by atoms with E-state index in [0.717, 1.165) is 0 Å². The van der Waals surface area contributed by atoms with Gasteiger partial charge in [0.1, 0.15) is 12.4 Å². The minimum absolute atomic E-state index is 0.0558. The number of carbonyl (C=O) groups is 2. The minimum atomic E-state index is -4.67. The molecule has 0 spiro atoms. The maximum absolute atomic E-state index is 13.7. The van der Waals surface area contributed by atoms with Crippen LogP contribution in [0.15, 0.2) is 18.2 Å². The molecule has 1 aliphatic heterocycles. The van der Waals surface area contributed by atoms with Gasteiger partial charge in [0.2, 0.25) is 5.91 Å². The molecular formula is C14H14F4N2O3. The lowest BCUT2D eigenvalue weighted by Gasteiger charge is -2.34. The maximum Gasteiger partial charge on any atom is 0.416 e. The van der Waals surface area contributed by atoms with Gasteiger partial charge in [0.05, 0.1) is 11.1 Å². The quantitative estimate of drug-likeness (QED) is 0.825. The first kappa shape index (κ1) is 17.2. The summed E-state index contributed by atoms with van der Waals surface area (Å²) in [6.45, 7) is -0.284. The highest BCUT2D eigenvalue weighted by Crippen LogP contribution is 2.30. The third kappa shape index (κ3) is 3.79. The van der Waals surface area contributed by atoms with Crippen molar-refractivity contribution in [3.05, 3.63) is 35.1 Å². The van der Waals surface area contributed by atoms with E-state index in [9.17, 15) is 27.2 Å². The van der Waals surface area contributed by atoms with Crippen LogP contribution in [0, 0.1) is 5.82 Å². The van der Waals surface area contributed by atoms with Crippen LogP contribution in [0.2, 0.25) is 0 Å². The molecule has 9 heteroatoms. The lowest BCUT2D eigenvalue weighted by Crippen LogP contribution is -2.51. The topological polar surface area (TPSA) is 60.9 Å². The number of nitrogens with zero attached hydrogens (tertiary/aromatic N) is 2. The Morgan fingerprint density at radius 1 is 1.09 bits per heavy atom. The van der Waals surface area contributed by atoms with E-state index < -0.39 is 41.5 Å². The SMILES string of the molecule is O=C(CO)N1CCN(C(=O)c2cc(C(F)(F)F)ccc2F)CC1. The summed E-state index contributed by atoms with van der Waals surface area (Å²) in [7, 11) is 0. The summed E-state index contributed by atoms with van der Waals surface area (Å²) in [5.41, 5.74) is -1.75. The standard InChI is InChI=1S/C14H14F4N2O3/c15-11-2-1-9(14(16,17)18)7-10(11)13(23)20-5-3-19(4-6-20)12(22)8-21/h1-2,7,21H,3-6,8H2. The molecule has 0 aromatic heterocycles. The number of hydrogen-bond acceptors (Lipinski definition) is 3. The van der Waals surface area contributed by atoms with Gasteiger partial charge in [-0.1, -0.05) is 0 Å². The van der Waals surface area contributed by atoms with Crippen LogP contribution in [0.25, 0.3) is 0 Å². The van der Waals surface area contributed by atoms with Gasteiger partial charge in [-0.05, 0) is 18.2 Å². The molecule has 0 atom stereocenters. The fraction of sp³-hybridized carbons (Fsp3) is 0.429. The average molecular weight is 334 g/mol. The predicted octanol–water partition coefficient (Wildman–Crippen LogP) is 1.12. The number of amides is 2. The van der Waals surface area contributed by atoms with Gasteiger partial charge < -0.3 is 14.9 Å². The number of alkyl halides is 3. The summed E-state index contributed by atoms with van der Waals surface area (Å²) in [4.78, 5) is 26.0. The Kier molecular flexibility index (Phi) is 4.88. The van der Waals surface area contributed by atoms with Crippen LogP contribution >= 0.6 is 0 Å². The van der Waals surface area contributed by atoms with Crippen molar-refractivity contribution in [2.45, 2.75) is 6.18 Å². The molecule has 0 unspecified atom stereocenters. The molecule has 1 aromatic carbocycles. The van der Waals surface area contributed by atoms with Gasteiger partial charge in [-0.2, -0.15) is 13.2 Å². The number of aliphatic hydroxyl groups is 1. The summed E-state index contributed by atoms with van der Waals surface area (Å²) in [6.07, 6.45) is -4.67. The van der Waals surface area contributed by atoms with Crippen molar-refractivity contribution in [1.82, 2.24) is 9.80 Å². The van der Waals surface area contributed by atoms with E-state index in [-0.39, 0.29) is 26.2 Å². The Bertz CT molecular complexity index is 611. The Morgan fingerprint density at radius 2 is 1.65 bits per heavy atom. The number of benzene rings is 1. The molecule has 1 aliphatic rings. The Balaban J connectivity index is 2.14. The number of carbonyl (C=O) groups excluding carboxylic acids is 2. The second kappa shape index (κ2) is 6.53. The van der Waals surface area contributed by atoms with Crippen LogP contribution in [0.4, 0.5) is 17.6 Å². The van der Waals surface area contributed by atoms with Crippen LogP contribution < -0.4 is 0 Å². The van der Waals surface area contributed by atoms with Crippen molar-refractivity contribution in [2.24, 2.45) is 0 Å². The molecule has 126 valence electrons. The molecule has 2 amide bonds. The molecule has 0 saturated carbocycles. The second-order valence-electron chi connectivity index (χ2n) is 5.02. The maximum atomic E-state index is 13.7. The van der Waals surface area contributed by atoms with Crippen molar-refractivity contribution in [3.63, 3.8) is 0 Å². The molecule has 23 heavy (non-hydrogen) atoms. The van der Waals surface area contributed by atoms with E-state index in [2.05, 4.69) is 0 Å². The van der Waals surface area contributed by atoms with Gasteiger partial charge in [0.15, 0.2) is 0 Å². The van der Waals surface area contributed by atoms with Crippen molar-refractivity contribution < 1.29 is 32.3 Å². The number of piperazine rings is 1. The van der Waals surface area contributed by atoms with E-state index in [0.29, 0.717) is 18.2 Å². The van der Waals surface area contributed by atoms with Gasteiger partial charge in [0.25, 0.3) is 5.91 Å². The summed E-state index contributed by atoms with van der Waals surface area (Å²) in [5.74, 6) is -2.39. The van der Waals surface area contributed by atoms with E-state index in [1.54, 1.807) is 0 Å². The van der Waals surface area contributed by atoms with Gasteiger partial charge in [-0.3, -0.25) is 9.59 Å². The summed E-state index contributed by atoms with van der Waals surface area (Å²) >= 11 is 0. The number of aliphatic hydroxyl groups excluding tert-OH is 1. The summed E-state index contributed by atoms with van der Waals surface area (Å²) in [6, 6.07) is 1.68. The van der Waals surface area contributed by atoms with E-state index in [1.165, 1.54) is 9.80 Å². The normalized spacial score (nSPS) is 15.7. The van der Waals surface area contributed by atoms with Crippen molar-refractivity contribution >= 4 is 11.8 Å². The van der Waals surface area contributed by atoms with E-state index >= 15 is 0 Å². The molecule has 5 nitrogen and oxygen atoms in total. The molecule has 1 heterocycles. The number of halogens is 4. The zero-order valence-electron chi connectivity index (χ0n) is 11.9. The van der Waals surface area contributed by atoms with Gasteiger partial charge in [-0.15, -0.1) is 0 Å². The third-order valence-electron chi connectivity index (χ3n) is 3.58. The predicted molar refractivity (Wildman–Crippen MR) is 71.0 cm³/mol. The fourth-order valence-corrected chi connectivity index (χ4v) is 2.29. The fourth-order valence-electron chi connectivity index (χ4n) is 2.29. The highest BCUT2D eigenvalue weighted by atomic mass is 19.4. The van der Waals surface area contributed by atoms with Gasteiger partial charge in [0, 0.05) is 26.2 Å². The van der Waals surface area contributed by atoms with Gasteiger partial charge >= 0.3 is 6.18 Å². The van der Waals surface area contributed by atoms with E-state index in [1.807, 2.05) is 0 Å². The zero-order valence-corrected chi connectivity index (χ0v) is 11.9. The van der Waals surface area contributed by atoms with Crippen LogP contribution in [0.1, 0.15) is 15.9 Å².